The van der Waals surface area contributed by atoms with Gasteiger partial charge in [-0.15, -0.1) is 5.10 Å². The van der Waals surface area contributed by atoms with Gasteiger partial charge in [0, 0.05) is 24.5 Å². The topological polar surface area (TPSA) is 54.2 Å². The molecule has 1 aromatic heterocycles. The van der Waals surface area contributed by atoms with Gasteiger partial charge in [0.1, 0.15) is 11.3 Å². The highest BCUT2D eigenvalue weighted by atomic mass is 16.3. The van der Waals surface area contributed by atoms with Crippen molar-refractivity contribution < 1.29 is 5.11 Å². The average Bonchev–Trinajstić information content (AvgIpc) is 3.06. The number of piperidine rings is 1. The Bertz CT molecular complexity index is 695. The van der Waals surface area contributed by atoms with E-state index in [2.05, 4.69) is 73.2 Å². The molecule has 1 aromatic carbocycles. The van der Waals surface area contributed by atoms with Crippen LogP contribution >= 0.6 is 0 Å². The maximum Gasteiger partial charge on any atom is 0.123 e. The van der Waals surface area contributed by atoms with Crippen LogP contribution in [-0.2, 0) is 11.0 Å². The fourth-order valence-electron chi connectivity index (χ4n) is 3.75. The quantitative estimate of drug-likeness (QED) is 0.907. The standard InChI is InChI=1S/C20H30N4O/c1-16(2)24-13-18(21-22-24)20(25)11-8-12-23(15-20)14-19(3,4)17-9-6-5-7-10-17/h5-7,9-10,13,16,25H,8,11-12,14-15H2,1-4H3/t20-/m0/s1. The van der Waals surface area contributed by atoms with Gasteiger partial charge in [-0.1, -0.05) is 49.4 Å². The van der Waals surface area contributed by atoms with Crippen LogP contribution in [0.2, 0.25) is 0 Å². The van der Waals surface area contributed by atoms with E-state index in [9.17, 15) is 5.11 Å². The highest BCUT2D eigenvalue weighted by Gasteiger charge is 2.39. The minimum atomic E-state index is -0.905. The molecule has 1 saturated heterocycles. The molecule has 0 saturated carbocycles. The van der Waals surface area contributed by atoms with Crippen LogP contribution in [0.4, 0.5) is 0 Å². The zero-order valence-corrected chi connectivity index (χ0v) is 15.8. The highest BCUT2D eigenvalue weighted by molar-refractivity contribution is 5.24. The third kappa shape index (κ3) is 3.93. The van der Waals surface area contributed by atoms with Gasteiger partial charge in [0.2, 0.25) is 0 Å². The third-order valence-electron chi connectivity index (χ3n) is 5.24. The lowest BCUT2D eigenvalue weighted by Crippen LogP contribution is -2.49. The van der Waals surface area contributed by atoms with Crippen LogP contribution in [0, 0.1) is 0 Å². The smallest absolute Gasteiger partial charge is 0.123 e. The van der Waals surface area contributed by atoms with Crippen LogP contribution in [-0.4, -0.2) is 44.6 Å². The lowest BCUT2D eigenvalue weighted by Gasteiger charge is -2.41. The lowest BCUT2D eigenvalue weighted by atomic mass is 9.82. The Morgan fingerprint density at radius 1 is 1.24 bits per heavy atom. The summed E-state index contributed by atoms with van der Waals surface area (Å²) >= 11 is 0. The van der Waals surface area contributed by atoms with Crippen LogP contribution in [0.25, 0.3) is 0 Å². The molecule has 0 radical (unpaired) electrons. The molecular weight excluding hydrogens is 312 g/mol. The maximum atomic E-state index is 11.2. The fourth-order valence-corrected chi connectivity index (χ4v) is 3.75. The Hall–Kier alpha value is -1.72. The first-order chi connectivity index (χ1) is 11.8. The maximum absolute atomic E-state index is 11.2. The summed E-state index contributed by atoms with van der Waals surface area (Å²) in [5.74, 6) is 0. The predicted octanol–water partition coefficient (Wildman–Crippen LogP) is 3.12. The van der Waals surface area contributed by atoms with Crippen molar-refractivity contribution in [3.63, 3.8) is 0 Å². The number of nitrogens with zero attached hydrogens (tertiary/aromatic N) is 4. The Morgan fingerprint density at radius 2 is 1.96 bits per heavy atom. The van der Waals surface area contributed by atoms with E-state index in [-0.39, 0.29) is 11.5 Å². The summed E-state index contributed by atoms with van der Waals surface area (Å²) < 4.78 is 1.82. The molecule has 5 nitrogen and oxygen atoms in total. The van der Waals surface area contributed by atoms with Crippen molar-refractivity contribution in [2.45, 2.75) is 57.6 Å². The normalized spacial score (nSPS) is 22.5. The van der Waals surface area contributed by atoms with Gasteiger partial charge in [0.25, 0.3) is 0 Å². The molecule has 0 spiro atoms. The van der Waals surface area contributed by atoms with Crippen molar-refractivity contribution >= 4 is 0 Å². The third-order valence-corrected chi connectivity index (χ3v) is 5.24. The summed E-state index contributed by atoms with van der Waals surface area (Å²) in [6.07, 6.45) is 3.61. The number of aliphatic hydroxyl groups is 1. The lowest BCUT2D eigenvalue weighted by molar-refractivity contribution is -0.0433. The second-order valence-corrected chi connectivity index (χ2v) is 8.27. The SMILES string of the molecule is CC(C)n1cc([C@]2(O)CCCN(CC(C)(C)c3ccccc3)C2)nn1. The highest BCUT2D eigenvalue weighted by Crippen LogP contribution is 2.33. The van der Waals surface area contributed by atoms with Crippen molar-refractivity contribution in [1.29, 1.82) is 0 Å². The summed E-state index contributed by atoms with van der Waals surface area (Å²) in [6, 6.07) is 10.9. The second-order valence-electron chi connectivity index (χ2n) is 8.27. The van der Waals surface area contributed by atoms with E-state index in [4.69, 9.17) is 0 Å². The molecule has 1 aliphatic rings. The van der Waals surface area contributed by atoms with E-state index in [1.165, 1.54) is 5.56 Å². The number of β-amino-alcohol motifs (C(OH)–C–C–N with tert-alkyl or cyclic N) is 1. The van der Waals surface area contributed by atoms with E-state index in [0.717, 1.165) is 25.9 Å². The molecule has 136 valence electrons. The summed E-state index contributed by atoms with van der Waals surface area (Å²) in [6.45, 7) is 11.2. The van der Waals surface area contributed by atoms with Gasteiger partial charge >= 0.3 is 0 Å². The monoisotopic (exact) mass is 342 g/mol. The van der Waals surface area contributed by atoms with Crippen molar-refractivity contribution in [1.82, 2.24) is 19.9 Å². The van der Waals surface area contributed by atoms with Gasteiger partial charge in [-0.25, -0.2) is 4.68 Å². The first-order valence-corrected chi connectivity index (χ1v) is 9.23. The number of benzene rings is 1. The molecule has 0 aliphatic carbocycles. The van der Waals surface area contributed by atoms with Crippen LogP contribution in [0.3, 0.4) is 0 Å². The number of hydrogen-bond donors (Lipinski definition) is 1. The first kappa shape index (κ1) is 18.1. The van der Waals surface area contributed by atoms with Crippen LogP contribution in [0.5, 0.6) is 0 Å². The van der Waals surface area contributed by atoms with Crippen molar-refractivity contribution in [2.75, 3.05) is 19.6 Å². The molecule has 5 heteroatoms. The number of rotatable bonds is 5. The van der Waals surface area contributed by atoms with E-state index in [0.29, 0.717) is 12.2 Å². The number of hydrogen-bond acceptors (Lipinski definition) is 4. The first-order valence-electron chi connectivity index (χ1n) is 9.23. The molecule has 2 aromatic rings. The van der Waals surface area contributed by atoms with Gasteiger partial charge in [0.15, 0.2) is 0 Å². The predicted molar refractivity (Wildman–Crippen MR) is 99.4 cm³/mol. The molecule has 2 heterocycles. The Balaban J connectivity index is 1.74. The largest absolute Gasteiger partial charge is 0.382 e. The molecule has 0 amide bonds. The van der Waals surface area contributed by atoms with Gasteiger partial charge < -0.3 is 5.11 Å². The minimum absolute atomic E-state index is 0.0368. The van der Waals surface area contributed by atoms with E-state index in [1.54, 1.807) is 0 Å². The average molecular weight is 342 g/mol. The molecular formula is C20H30N4O. The summed E-state index contributed by atoms with van der Waals surface area (Å²) in [4.78, 5) is 2.37. The van der Waals surface area contributed by atoms with Crippen LogP contribution in [0.1, 0.15) is 57.8 Å². The Morgan fingerprint density at radius 3 is 2.60 bits per heavy atom. The van der Waals surface area contributed by atoms with E-state index < -0.39 is 5.60 Å². The van der Waals surface area contributed by atoms with Crippen molar-refractivity contribution in [3.05, 3.63) is 47.8 Å². The van der Waals surface area contributed by atoms with Crippen molar-refractivity contribution in [3.8, 4) is 0 Å². The molecule has 0 bridgehead atoms. The summed E-state index contributed by atoms with van der Waals surface area (Å²) in [7, 11) is 0. The molecule has 3 rings (SSSR count). The molecule has 1 aliphatic heterocycles. The van der Waals surface area contributed by atoms with E-state index in [1.807, 2.05) is 10.9 Å². The van der Waals surface area contributed by atoms with E-state index >= 15 is 0 Å². The van der Waals surface area contributed by atoms with Crippen LogP contribution in [0.15, 0.2) is 36.5 Å². The Kier molecular flexibility index (Phi) is 4.98. The molecule has 1 fully saturated rings. The summed E-state index contributed by atoms with van der Waals surface area (Å²) in [5, 5.41) is 19.6. The fraction of sp³-hybridized carbons (Fsp3) is 0.600. The molecule has 1 N–H and O–H groups in total. The number of likely N-dealkylation sites (tertiary alicyclic amines) is 1. The second kappa shape index (κ2) is 6.89. The van der Waals surface area contributed by atoms with Crippen molar-refractivity contribution in [2.24, 2.45) is 0 Å². The van der Waals surface area contributed by atoms with Gasteiger partial charge in [-0.3, -0.25) is 4.90 Å². The van der Waals surface area contributed by atoms with Gasteiger partial charge in [-0.2, -0.15) is 0 Å². The van der Waals surface area contributed by atoms with Gasteiger partial charge in [0.05, 0.1) is 6.20 Å². The molecule has 0 unspecified atom stereocenters. The minimum Gasteiger partial charge on any atom is -0.382 e. The zero-order valence-electron chi connectivity index (χ0n) is 15.8. The Labute approximate surface area is 150 Å². The molecule has 1 atom stereocenters. The molecule has 25 heavy (non-hydrogen) atoms. The van der Waals surface area contributed by atoms with Crippen LogP contribution < -0.4 is 0 Å². The zero-order chi connectivity index (χ0) is 18.1. The number of aromatic nitrogens is 3. The van der Waals surface area contributed by atoms with Gasteiger partial charge in [-0.05, 0) is 38.8 Å². The summed E-state index contributed by atoms with van der Waals surface area (Å²) in [5.41, 5.74) is 1.16.